The highest BCUT2D eigenvalue weighted by atomic mass is 16.6. The first-order valence-electron chi connectivity index (χ1n) is 22.6. The molecule has 0 amide bonds. The number of nitro benzene ring substituents is 4. The predicted molar refractivity (Wildman–Crippen MR) is 268 cm³/mol. The van der Waals surface area contributed by atoms with E-state index in [1.54, 1.807) is 14.2 Å². The average molecular weight is 949 g/mol. The van der Waals surface area contributed by atoms with Crippen molar-refractivity contribution in [3.63, 3.8) is 0 Å². The summed E-state index contributed by atoms with van der Waals surface area (Å²) in [5, 5.41) is 54.1. The molecule has 0 unspecified atom stereocenters. The molecule has 2 saturated carbocycles. The van der Waals surface area contributed by atoms with Crippen molar-refractivity contribution in [2.75, 3.05) is 25.1 Å². The molecule has 0 aliphatic heterocycles. The summed E-state index contributed by atoms with van der Waals surface area (Å²) in [6.45, 7) is 4.11. The van der Waals surface area contributed by atoms with Crippen LogP contribution in [0.15, 0.2) is 144 Å². The molecule has 2 aliphatic rings. The summed E-state index contributed by atoms with van der Waals surface area (Å²) in [4.78, 5) is 42.4. The summed E-state index contributed by atoms with van der Waals surface area (Å²) < 4.78 is 10.7. The van der Waals surface area contributed by atoms with Crippen molar-refractivity contribution in [3.05, 3.63) is 207 Å². The number of nitrogens with one attached hydrogen (secondary N) is 2. The molecule has 8 rings (SSSR count). The number of hydrogen-bond acceptors (Lipinski definition) is 14. The third-order valence-electron chi connectivity index (χ3n) is 13.1. The Morgan fingerprint density at radius 1 is 0.471 bits per heavy atom. The van der Waals surface area contributed by atoms with Gasteiger partial charge in [0.05, 0.1) is 46.0 Å². The van der Waals surface area contributed by atoms with Crippen LogP contribution < -0.4 is 20.3 Å². The van der Waals surface area contributed by atoms with Crippen molar-refractivity contribution in [1.29, 1.82) is 0 Å². The maximum atomic E-state index is 11.5. The lowest BCUT2D eigenvalue weighted by Gasteiger charge is -2.39. The van der Waals surface area contributed by atoms with E-state index in [9.17, 15) is 40.5 Å². The predicted octanol–water partition coefficient (Wildman–Crippen LogP) is 12.3. The number of hydrazone groups is 2. The van der Waals surface area contributed by atoms with Crippen molar-refractivity contribution in [3.8, 4) is 11.5 Å². The molecule has 6 aromatic carbocycles. The molecule has 0 spiro atoms. The molecule has 18 heteroatoms. The summed E-state index contributed by atoms with van der Waals surface area (Å²) in [6.07, 6.45) is 6.41. The second-order valence-electron chi connectivity index (χ2n) is 17.4. The molecule has 2 aliphatic carbocycles. The van der Waals surface area contributed by atoms with Crippen molar-refractivity contribution in [1.82, 2.24) is 0 Å². The van der Waals surface area contributed by atoms with E-state index in [1.807, 2.05) is 24.3 Å². The average Bonchev–Trinajstić information content (AvgIpc) is 3.38. The summed E-state index contributed by atoms with van der Waals surface area (Å²) in [5.74, 6) is 1.56. The van der Waals surface area contributed by atoms with Crippen LogP contribution in [-0.2, 0) is 10.8 Å². The lowest BCUT2D eigenvalue weighted by Crippen LogP contribution is -2.35. The Balaban J connectivity index is 0.000000206. The molecule has 0 heterocycles. The molecule has 0 aromatic heterocycles. The normalized spacial score (nSPS) is 18.7. The zero-order chi connectivity index (χ0) is 50.0. The highest BCUT2D eigenvalue weighted by molar-refractivity contribution is 5.89. The number of hydrogen-bond donors (Lipinski definition) is 2. The highest BCUT2D eigenvalue weighted by Gasteiger charge is 2.40. The van der Waals surface area contributed by atoms with E-state index in [1.165, 1.54) is 46.5 Å². The number of nitrogens with zero attached hydrogens (tertiary/aromatic N) is 6. The SMILES string of the molecule is COc1ccc([C@@]2(c3ccc(C)cc3)CCC/C(=N\Nc3ccc([N+](=O)[O-])cc3[N+](=O)[O-])C2)cc1.COc1ccc([C@@]2(c3ccc(C)cc3)CCC/C(=N\Nc3ccc([N+](=O)[O-])cc3[N+](=O)[O-])C2)cc1. The van der Waals surface area contributed by atoms with E-state index < -0.39 is 19.7 Å². The fraction of sp³-hybridized carbons (Fsp3) is 0.269. The monoisotopic (exact) mass is 948 g/mol. The maximum Gasteiger partial charge on any atom is 0.301 e. The third kappa shape index (κ3) is 11.1. The molecule has 2 fully saturated rings. The minimum absolute atomic E-state index is 0.115. The smallest absolute Gasteiger partial charge is 0.301 e. The van der Waals surface area contributed by atoms with Gasteiger partial charge in [-0.15, -0.1) is 0 Å². The zero-order valence-electron chi connectivity index (χ0n) is 39.1. The van der Waals surface area contributed by atoms with Crippen LogP contribution in [0.5, 0.6) is 11.5 Å². The van der Waals surface area contributed by atoms with E-state index >= 15 is 0 Å². The Labute approximate surface area is 403 Å². The molecular formula is C52H52N8O10. The number of benzene rings is 6. The van der Waals surface area contributed by atoms with Gasteiger partial charge in [-0.1, -0.05) is 83.9 Å². The van der Waals surface area contributed by atoms with Gasteiger partial charge in [-0.2, -0.15) is 10.2 Å². The summed E-state index contributed by atoms with van der Waals surface area (Å²) >= 11 is 0. The van der Waals surface area contributed by atoms with E-state index in [-0.39, 0.29) is 45.0 Å². The molecule has 360 valence electrons. The van der Waals surface area contributed by atoms with Gasteiger partial charge in [0.2, 0.25) is 0 Å². The molecule has 70 heavy (non-hydrogen) atoms. The fourth-order valence-corrected chi connectivity index (χ4v) is 9.35. The van der Waals surface area contributed by atoms with Gasteiger partial charge in [0.25, 0.3) is 11.4 Å². The van der Waals surface area contributed by atoms with Crippen LogP contribution in [-0.4, -0.2) is 45.3 Å². The van der Waals surface area contributed by atoms with Crippen LogP contribution in [0, 0.1) is 54.3 Å². The molecule has 0 radical (unpaired) electrons. The highest BCUT2D eigenvalue weighted by Crippen LogP contribution is 2.46. The number of rotatable bonds is 14. The number of ether oxygens (including phenoxy) is 2. The molecule has 0 saturated heterocycles. The fourth-order valence-electron chi connectivity index (χ4n) is 9.35. The van der Waals surface area contributed by atoms with Gasteiger partial charge in [0, 0.05) is 47.2 Å². The van der Waals surface area contributed by atoms with Crippen LogP contribution in [0.4, 0.5) is 34.1 Å². The number of methoxy groups -OCH3 is 2. The minimum atomic E-state index is -0.658. The maximum absolute atomic E-state index is 11.5. The molecule has 2 N–H and O–H groups in total. The van der Waals surface area contributed by atoms with Gasteiger partial charge < -0.3 is 9.47 Å². The van der Waals surface area contributed by atoms with Crippen molar-refractivity contribution < 1.29 is 29.2 Å². The van der Waals surface area contributed by atoms with Gasteiger partial charge in [-0.25, -0.2) is 0 Å². The number of non-ortho nitro benzene ring substituents is 2. The van der Waals surface area contributed by atoms with Gasteiger partial charge >= 0.3 is 11.4 Å². The van der Waals surface area contributed by atoms with Gasteiger partial charge in [0.15, 0.2) is 0 Å². The summed E-state index contributed by atoms with van der Waals surface area (Å²) in [6, 6.07) is 40.1. The molecule has 18 nitrogen and oxygen atoms in total. The molecular weight excluding hydrogens is 897 g/mol. The van der Waals surface area contributed by atoms with Crippen LogP contribution >= 0.6 is 0 Å². The van der Waals surface area contributed by atoms with E-state index in [0.717, 1.165) is 84.7 Å². The summed E-state index contributed by atoms with van der Waals surface area (Å²) in [5.41, 5.74) is 12.5. The standard InChI is InChI=1S/2C26H26N4O5/c2*1-18-5-7-19(8-6-18)26(20-9-12-23(35-2)13-10-20)15-3-4-21(17-26)27-28-24-14-11-22(29(31)32)16-25(24)30(33)34/h2*5-14,16,28H,3-4,15,17H2,1-2H3/b2*27-21+/t2*26-/m00/s1. The number of anilines is 2. The van der Waals surface area contributed by atoms with Crippen molar-refractivity contribution >= 4 is 45.5 Å². The van der Waals surface area contributed by atoms with E-state index in [0.29, 0.717) is 12.8 Å². The topological polar surface area (TPSA) is 240 Å². The summed E-state index contributed by atoms with van der Waals surface area (Å²) in [7, 11) is 3.28. The van der Waals surface area contributed by atoms with Crippen LogP contribution in [0.2, 0.25) is 0 Å². The Morgan fingerprint density at radius 2 is 0.800 bits per heavy atom. The molecule has 6 aromatic rings. The zero-order valence-corrected chi connectivity index (χ0v) is 39.1. The van der Waals surface area contributed by atoms with Crippen LogP contribution in [0.25, 0.3) is 0 Å². The second-order valence-corrected chi connectivity index (χ2v) is 17.4. The quantitative estimate of drug-likeness (QED) is 0.0765. The number of nitro groups is 4. The lowest BCUT2D eigenvalue weighted by molar-refractivity contribution is -0.393. The minimum Gasteiger partial charge on any atom is -0.497 e. The first-order valence-corrected chi connectivity index (χ1v) is 22.6. The molecule has 0 bridgehead atoms. The lowest BCUT2D eigenvalue weighted by atomic mass is 9.64. The van der Waals surface area contributed by atoms with E-state index in [2.05, 4.69) is 108 Å². The Hall–Kier alpha value is -8.54. The number of aryl methyl sites for hydroxylation is 2. The molecule has 2 atom stereocenters. The largest absolute Gasteiger partial charge is 0.497 e. The van der Waals surface area contributed by atoms with Gasteiger partial charge in [-0.3, -0.25) is 51.3 Å². The Bertz CT molecular complexity index is 2740. The Kier molecular flexibility index (Phi) is 15.2. The third-order valence-corrected chi connectivity index (χ3v) is 13.1. The van der Waals surface area contributed by atoms with Crippen molar-refractivity contribution in [2.45, 2.75) is 76.0 Å². The van der Waals surface area contributed by atoms with E-state index in [4.69, 9.17) is 9.47 Å². The van der Waals surface area contributed by atoms with Crippen LogP contribution in [0.3, 0.4) is 0 Å². The van der Waals surface area contributed by atoms with Crippen LogP contribution in [0.1, 0.15) is 84.7 Å². The second kappa shape index (κ2) is 21.6. The first kappa shape index (κ1) is 49.4. The van der Waals surface area contributed by atoms with Gasteiger partial charge in [-0.05, 0) is 111 Å². The van der Waals surface area contributed by atoms with Crippen molar-refractivity contribution in [2.24, 2.45) is 10.2 Å². The first-order chi connectivity index (χ1) is 33.6. The van der Waals surface area contributed by atoms with Gasteiger partial charge in [0.1, 0.15) is 22.9 Å². The Morgan fingerprint density at radius 3 is 1.10 bits per heavy atom.